The van der Waals surface area contributed by atoms with Crippen molar-refractivity contribution in [2.45, 2.75) is 6.42 Å². The zero-order chi connectivity index (χ0) is 13.2. The Balaban J connectivity index is 1.95. The number of nitrogens with two attached hydrogens (primary N) is 1. The van der Waals surface area contributed by atoms with E-state index in [0.29, 0.717) is 6.42 Å². The molecular weight excluding hydrogens is 236 g/mol. The molecule has 4 N–H and O–H groups in total. The van der Waals surface area contributed by atoms with Crippen LogP contribution in [0.1, 0.15) is 11.1 Å². The number of hydrogen-bond acceptors (Lipinski definition) is 0. The van der Waals surface area contributed by atoms with Gasteiger partial charge >= 0.3 is 5.90 Å². The van der Waals surface area contributed by atoms with Gasteiger partial charge < -0.3 is 5.11 Å². The highest BCUT2D eigenvalue weighted by atomic mass is 16.3. The highest BCUT2D eigenvalue weighted by Gasteiger charge is 2.37. The Hall–Kier alpha value is -2.42. The van der Waals surface area contributed by atoms with Crippen LogP contribution in [0.3, 0.4) is 0 Å². The first kappa shape index (κ1) is 11.7. The summed E-state index contributed by atoms with van der Waals surface area (Å²) in [5.74, 6) is 0.0392. The van der Waals surface area contributed by atoms with Crippen LogP contribution in [0, 0.1) is 5.92 Å². The maximum atomic E-state index is 10.2. The molecular formula is C16H16N2O+2. The van der Waals surface area contributed by atoms with Crippen LogP contribution in [-0.2, 0) is 6.42 Å². The zero-order valence-corrected chi connectivity index (χ0v) is 10.5. The molecule has 0 aromatic heterocycles. The summed E-state index contributed by atoms with van der Waals surface area (Å²) in [5, 5.41) is 16.4. The highest BCUT2D eigenvalue weighted by Crippen LogP contribution is 2.19. The second-order valence-electron chi connectivity index (χ2n) is 4.75. The van der Waals surface area contributed by atoms with Gasteiger partial charge in [0.1, 0.15) is 5.56 Å². The van der Waals surface area contributed by atoms with Crippen molar-refractivity contribution in [1.29, 1.82) is 0 Å². The normalized spacial score (nSPS) is 17.8. The topological polar surface area (TPSA) is 59.8 Å². The summed E-state index contributed by atoms with van der Waals surface area (Å²) in [6.07, 6.45) is 0.694. The van der Waals surface area contributed by atoms with Crippen molar-refractivity contribution >= 4 is 17.3 Å². The molecule has 1 heterocycles. The van der Waals surface area contributed by atoms with Crippen molar-refractivity contribution in [2.75, 3.05) is 0 Å². The Morgan fingerprint density at radius 2 is 1.68 bits per heavy atom. The summed E-state index contributed by atoms with van der Waals surface area (Å²) in [6, 6.07) is 17.8. The molecule has 2 aromatic rings. The molecule has 0 radical (unpaired) electrons. The summed E-state index contributed by atoms with van der Waals surface area (Å²) in [5.41, 5.74) is 3.71. The third-order valence-corrected chi connectivity index (χ3v) is 3.49. The van der Waals surface area contributed by atoms with E-state index < -0.39 is 0 Å². The average molecular weight is 252 g/mol. The summed E-state index contributed by atoms with van der Waals surface area (Å²) >= 11 is 0. The lowest BCUT2D eigenvalue weighted by molar-refractivity contribution is -0.371. The van der Waals surface area contributed by atoms with Gasteiger partial charge in [-0.1, -0.05) is 42.5 Å². The Morgan fingerprint density at radius 1 is 1.00 bits per heavy atom. The van der Waals surface area contributed by atoms with E-state index in [-0.39, 0.29) is 11.8 Å². The summed E-state index contributed by atoms with van der Waals surface area (Å²) < 4.78 is 0. The number of nitrogens with one attached hydrogen (secondary N) is 1. The molecule has 0 spiro atoms. The molecule has 0 fully saturated rings. The second kappa shape index (κ2) is 4.69. The molecule has 0 bridgehead atoms. The van der Waals surface area contributed by atoms with Gasteiger partial charge in [-0.05, 0) is 18.1 Å². The van der Waals surface area contributed by atoms with Gasteiger partial charge in [-0.2, -0.15) is 4.99 Å². The van der Waals surface area contributed by atoms with Gasteiger partial charge in [-0.25, -0.2) is 0 Å². The van der Waals surface area contributed by atoms with E-state index in [4.69, 9.17) is 5.41 Å². The summed E-state index contributed by atoms with van der Waals surface area (Å²) in [6.45, 7) is 0. The molecule has 94 valence electrons. The predicted octanol–water partition coefficient (Wildman–Crippen LogP) is -0.224. The fraction of sp³-hybridized carbons (Fsp3) is 0.125. The minimum atomic E-state index is -0.183. The van der Waals surface area contributed by atoms with Gasteiger partial charge in [-0.3, -0.25) is 5.41 Å². The van der Waals surface area contributed by atoms with E-state index in [2.05, 4.69) is 4.99 Å². The minimum absolute atomic E-state index is 0.183. The number of hydrogen-bond donors (Lipinski definition) is 3. The lowest BCUT2D eigenvalue weighted by atomic mass is 9.87. The molecule has 1 aliphatic heterocycles. The van der Waals surface area contributed by atoms with Crippen LogP contribution < -0.4 is 10.4 Å². The monoisotopic (exact) mass is 252 g/mol. The van der Waals surface area contributed by atoms with Crippen molar-refractivity contribution in [3.8, 4) is 0 Å². The highest BCUT2D eigenvalue weighted by molar-refractivity contribution is 6.12. The molecule has 3 nitrogen and oxygen atoms in total. The van der Waals surface area contributed by atoms with E-state index in [0.717, 1.165) is 22.5 Å². The Labute approximate surface area is 111 Å². The number of para-hydroxylation sites is 1. The number of aliphatic hydroxyl groups is 1. The van der Waals surface area contributed by atoms with Gasteiger partial charge in [0.2, 0.25) is 11.4 Å². The van der Waals surface area contributed by atoms with Crippen LogP contribution >= 0.6 is 0 Å². The van der Waals surface area contributed by atoms with Crippen LogP contribution in [0.2, 0.25) is 0 Å². The summed E-state index contributed by atoms with van der Waals surface area (Å²) in [4.78, 5) is 3.03. The molecule has 3 heteroatoms. The third-order valence-electron chi connectivity index (χ3n) is 3.49. The smallest absolute Gasteiger partial charge is 0.352 e. The molecule has 0 amide bonds. The van der Waals surface area contributed by atoms with Crippen molar-refractivity contribution in [3.63, 3.8) is 0 Å². The van der Waals surface area contributed by atoms with Crippen molar-refractivity contribution < 1.29 is 15.5 Å². The molecule has 0 unspecified atom stereocenters. The fourth-order valence-electron chi connectivity index (χ4n) is 2.46. The van der Waals surface area contributed by atoms with Gasteiger partial charge in [0.25, 0.3) is 0 Å². The van der Waals surface area contributed by atoms with Gasteiger partial charge in [0.05, 0.1) is 0 Å². The SMILES string of the molecule is [NH2+]=C1c2ccccc2[NH+]=C(O)[C@H]1Cc1ccccc1. The first-order valence-electron chi connectivity index (χ1n) is 6.34. The third kappa shape index (κ3) is 2.15. The van der Waals surface area contributed by atoms with E-state index in [1.807, 2.05) is 54.6 Å². The maximum absolute atomic E-state index is 10.2. The van der Waals surface area contributed by atoms with Crippen molar-refractivity contribution in [3.05, 3.63) is 65.7 Å². The number of fused-ring (bicyclic) bond motifs is 1. The van der Waals surface area contributed by atoms with Crippen LogP contribution in [-0.4, -0.2) is 16.7 Å². The quantitative estimate of drug-likeness (QED) is 0.680. The minimum Gasteiger partial charge on any atom is -0.463 e. The standard InChI is InChI=1S/C16H14N2O/c17-15-12-8-4-5-9-14(12)18-16(19)13(15)10-11-6-2-1-3-7-11/h1-9,13,17H,10H2,(H,18,19)/p+2/t13-/m0/s1. The molecule has 1 aliphatic rings. The lowest BCUT2D eigenvalue weighted by Gasteiger charge is -2.14. The Morgan fingerprint density at radius 3 is 2.47 bits per heavy atom. The maximum Gasteiger partial charge on any atom is 0.352 e. The van der Waals surface area contributed by atoms with Gasteiger partial charge in [0.15, 0.2) is 5.92 Å². The number of aliphatic hydroxyl groups excluding tert-OH is 1. The van der Waals surface area contributed by atoms with Crippen LogP contribution in [0.4, 0.5) is 5.69 Å². The zero-order valence-electron chi connectivity index (χ0n) is 10.5. The Kier molecular flexibility index (Phi) is 2.88. The number of benzene rings is 2. The molecule has 0 saturated heterocycles. The molecule has 1 atom stereocenters. The fourth-order valence-corrected chi connectivity index (χ4v) is 2.46. The molecule has 19 heavy (non-hydrogen) atoms. The van der Waals surface area contributed by atoms with Crippen molar-refractivity contribution in [2.24, 2.45) is 5.92 Å². The Bertz CT molecular complexity index is 647. The molecule has 2 aromatic carbocycles. The van der Waals surface area contributed by atoms with Gasteiger partial charge in [-0.15, -0.1) is 0 Å². The summed E-state index contributed by atoms with van der Waals surface area (Å²) in [7, 11) is 0. The largest absolute Gasteiger partial charge is 0.463 e. The predicted molar refractivity (Wildman–Crippen MR) is 74.4 cm³/mol. The van der Waals surface area contributed by atoms with Crippen molar-refractivity contribution in [1.82, 2.24) is 0 Å². The lowest BCUT2D eigenvalue weighted by Crippen LogP contribution is -2.74. The molecule has 3 rings (SSSR count). The molecule has 0 saturated carbocycles. The van der Waals surface area contributed by atoms with E-state index in [9.17, 15) is 5.11 Å². The second-order valence-corrected chi connectivity index (χ2v) is 4.75. The van der Waals surface area contributed by atoms with Crippen LogP contribution in [0.25, 0.3) is 0 Å². The average Bonchev–Trinajstić information content (AvgIpc) is 2.45. The first-order valence-corrected chi connectivity index (χ1v) is 6.34. The number of rotatable bonds is 2. The first-order chi connectivity index (χ1) is 9.25. The van der Waals surface area contributed by atoms with Crippen LogP contribution in [0.5, 0.6) is 0 Å². The molecule has 0 aliphatic carbocycles. The van der Waals surface area contributed by atoms with E-state index >= 15 is 0 Å². The van der Waals surface area contributed by atoms with E-state index in [1.165, 1.54) is 0 Å². The van der Waals surface area contributed by atoms with Crippen LogP contribution in [0.15, 0.2) is 54.6 Å². The van der Waals surface area contributed by atoms with E-state index in [1.54, 1.807) is 0 Å². The van der Waals surface area contributed by atoms with Gasteiger partial charge in [0, 0.05) is 6.07 Å².